The number of nitrogens with one attached hydrogen (secondary N) is 1. The fourth-order valence-electron chi connectivity index (χ4n) is 4.06. The first-order chi connectivity index (χ1) is 16.8. The highest BCUT2D eigenvalue weighted by molar-refractivity contribution is 5.81. The number of fused-ring (bicyclic) bond motifs is 1. The van der Waals surface area contributed by atoms with Crippen LogP contribution in [0.25, 0.3) is 0 Å². The van der Waals surface area contributed by atoms with Crippen LogP contribution in [0, 0.1) is 5.92 Å². The zero-order valence-corrected chi connectivity index (χ0v) is 20.5. The summed E-state index contributed by atoms with van der Waals surface area (Å²) < 4.78 is 21.0. The van der Waals surface area contributed by atoms with Gasteiger partial charge in [-0.15, -0.1) is 0 Å². The maximum atomic E-state index is 12.4. The van der Waals surface area contributed by atoms with Crippen LogP contribution in [0.3, 0.4) is 0 Å². The van der Waals surface area contributed by atoms with Crippen molar-refractivity contribution in [3.05, 3.63) is 65.2 Å². The monoisotopic (exact) mass is 484 g/mol. The van der Waals surface area contributed by atoms with Crippen molar-refractivity contribution in [2.75, 3.05) is 21.0 Å². The number of carbonyl (C=O) groups excluding carboxylic acids is 3. The van der Waals surface area contributed by atoms with E-state index in [4.69, 9.17) is 18.9 Å². The normalized spacial score (nSPS) is 14.8. The Balaban J connectivity index is 1.68. The van der Waals surface area contributed by atoms with E-state index in [1.165, 1.54) is 14.2 Å². The Morgan fingerprint density at radius 2 is 1.71 bits per heavy atom. The van der Waals surface area contributed by atoms with Crippen molar-refractivity contribution in [2.24, 2.45) is 5.92 Å². The average Bonchev–Trinajstić information content (AvgIpc) is 2.86. The van der Waals surface area contributed by atoms with E-state index in [-0.39, 0.29) is 31.6 Å². The van der Waals surface area contributed by atoms with Gasteiger partial charge in [-0.1, -0.05) is 56.3 Å². The van der Waals surface area contributed by atoms with Crippen molar-refractivity contribution >= 4 is 18.0 Å². The molecule has 0 fully saturated rings. The molecule has 35 heavy (non-hydrogen) atoms. The Morgan fingerprint density at radius 3 is 2.37 bits per heavy atom. The van der Waals surface area contributed by atoms with E-state index in [1.807, 2.05) is 67.3 Å². The Bertz CT molecular complexity index is 1030. The molecule has 0 spiro atoms. The Labute approximate surface area is 205 Å². The van der Waals surface area contributed by atoms with Crippen LogP contribution in [0.4, 0.5) is 4.79 Å². The van der Waals surface area contributed by atoms with Gasteiger partial charge in [0.05, 0.1) is 14.2 Å². The van der Waals surface area contributed by atoms with Gasteiger partial charge in [-0.3, -0.25) is 9.69 Å². The van der Waals surface area contributed by atoms with Crippen molar-refractivity contribution < 1.29 is 33.3 Å². The molecule has 0 saturated heterocycles. The molecule has 1 heterocycles. The van der Waals surface area contributed by atoms with Gasteiger partial charge in [-0.2, -0.15) is 0 Å². The van der Waals surface area contributed by atoms with Gasteiger partial charge in [0.2, 0.25) is 0 Å². The number of methoxy groups -OCH3 is 2. The molecule has 188 valence electrons. The van der Waals surface area contributed by atoms with Crippen LogP contribution < -0.4 is 10.1 Å². The Hall–Kier alpha value is -3.59. The summed E-state index contributed by atoms with van der Waals surface area (Å²) in [5.74, 6) is -0.150. The molecular formula is C26H32N2O7. The van der Waals surface area contributed by atoms with E-state index in [9.17, 15) is 14.4 Å². The topological polar surface area (TPSA) is 103 Å². The van der Waals surface area contributed by atoms with Gasteiger partial charge in [0.15, 0.2) is 0 Å². The van der Waals surface area contributed by atoms with Crippen LogP contribution in [0.2, 0.25) is 0 Å². The number of amides is 1. The molecule has 2 atom stereocenters. The minimum Gasteiger partial charge on any atom is -0.478 e. The molecule has 2 aromatic carbocycles. The highest BCUT2D eigenvalue weighted by atomic mass is 16.6. The summed E-state index contributed by atoms with van der Waals surface area (Å²) >= 11 is 0. The zero-order chi connectivity index (χ0) is 25.4. The number of esters is 2. The average molecular weight is 485 g/mol. The third-order valence-electron chi connectivity index (χ3n) is 5.78. The highest BCUT2D eigenvalue weighted by Gasteiger charge is 2.33. The van der Waals surface area contributed by atoms with E-state index >= 15 is 0 Å². The molecule has 0 radical (unpaired) electrons. The molecule has 2 aromatic rings. The molecule has 0 saturated carbocycles. The number of alkyl carbamates (subject to hydrolysis) is 1. The van der Waals surface area contributed by atoms with E-state index in [0.29, 0.717) is 12.3 Å². The molecule has 9 heteroatoms. The minimum absolute atomic E-state index is 0.0329. The number of nitrogens with zero attached hydrogens (tertiary/aromatic N) is 1. The minimum atomic E-state index is -0.930. The van der Waals surface area contributed by atoms with Gasteiger partial charge in [-0.25, -0.2) is 9.59 Å². The smallest absolute Gasteiger partial charge is 0.408 e. The first kappa shape index (κ1) is 26.0. The number of hydrogen-bond donors (Lipinski definition) is 1. The summed E-state index contributed by atoms with van der Waals surface area (Å²) in [6.45, 7) is 4.75. The van der Waals surface area contributed by atoms with E-state index in [2.05, 4.69) is 5.32 Å². The number of hydrogen-bond acceptors (Lipinski definition) is 8. The first-order valence-electron chi connectivity index (χ1n) is 11.4. The van der Waals surface area contributed by atoms with Crippen molar-refractivity contribution in [3.63, 3.8) is 0 Å². The maximum Gasteiger partial charge on any atom is 0.408 e. The number of benzene rings is 2. The first-order valence-corrected chi connectivity index (χ1v) is 11.4. The van der Waals surface area contributed by atoms with Gasteiger partial charge in [0, 0.05) is 18.5 Å². The lowest BCUT2D eigenvalue weighted by Crippen LogP contribution is -2.48. The van der Waals surface area contributed by atoms with E-state index in [1.54, 1.807) is 0 Å². The van der Waals surface area contributed by atoms with E-state index < -0.39 is 24.1 Å². The third-order valence-corrected chi connectivity index (χ3v) is 5.78. The second-order valence-corrected chi connectivity index (χ2v) is 8.66. The van der Waals surface area contributed by atoms with Gasteiger partial charge in [0.1, 0.15) is 31.2 Å². The van der Waals surface area contributed by atoms with Crippen LogP contribution in [0.1, 0.15) is 30.5 Å². The zero-order valence-electron chi connectivity index (χ0n) is 20.5. The van der Waals surface area contributed by atoms with Gasteiger partial charge >= 0.3 is 18.0 Å². The fourth-order valence-corrected chi connectivity index (χ4v) is 4.06. The third kappa shape index (κ3) is 6.95. The molecule has 1 aliphatic rings. The number of carbonyl (C=O) groups is 3. The molecular weight excluding hydrogens is 452 g/mol. The van der Waals surface area contributed by atoms with Crippen molar-refractivity contribution in [3.8, 4) is 5.75 Å². The lowest BCUT2D eigenvalue weighted by Gasteiger charge is -2.35. The standard InChI is InChI=1S/C26H32N2O7/c1-17(2)23(25(30)33-4)28-14-20-12-19(10-11-22(20)35-16-28)13-21(24(29)32-3)27-26(31)34-15-18-8-6-5-7-9-18/h5-12,17,21,23H,13-16H2,1-4H3,(H,27,31). The molecule has 2 unspecified atom stereocenters. The summed E-state index contributed by atoms with van der Waals surface area (Å²) in [7, 11) is 2.64. The second kappa shape index (κ2) is 12.2. The largest absolute Gasteiger partial charge is 0.478 e. The van der Waals surface area contributed by atoms with Crippen LogP contribution >= 0.6 is 0 Å². The lowest BCUT2D eigenvalue weighted by atomic mass is 9.99. The number of ether oxygens (including phenoxy) is 4. The Kier molecular flexibility index (Phi) is 9.08. The molecule has 9 nitrogen and oxygen atoms in total. The summed E-state index contributed by atoms with van der Waals surface area (Å²) in [5, 5.41) is 2.59. The SMILES string of the molecule is COC(=O)C(Cc1ccc2c(c1)CN(C(C(=O)OC)C(C)C)CO2)NC(=O)OCc1ccccc1. The van der Waals surface area contributed by atoms with Gasteiger partial charge in [0.25, 0.3) is 0 Å². The summed E-state index contributed by atoms with van der Waals surface area (Å²) in [5.41, 5.74) is 2.51. The summed E-state index contributed by atoms with van der Waals surface area (Å²) in [4.78, 5) is 38.9. The highest BCUT2D eigenvalue weighted by Crippen LogP contribution is 2.29. The van der Waals surface area contributed by atoms with Crippen LogP contribution in [0.15, 0.2) is 48.5 Å². The molecule has 1 amide bonds. The quantitative estimate of drug-likeness (QED) is 0.428. The fraction of sp³-hybridized carbons (Fsp3) is 0.423. The molecule has 0 aliphatic carbocycles. The molecule has 0 bridgehead atoms. The predicted molar refractivity (Wildman–Crippen MR) is 127 cm³/mol. The van der Waals surface area contributed by atoms with Crippen molar-refractivity contribution in [1.29, 1.82) is 0 Å². The second-order valence-electron chi connectivity index (χ2n) is 8.66. The van der Waals surface area contributed by atoms with Crippen molar-refractivity contribution in [2.45, 2.75) is 45.5 Å². The molecule has 3 rings (SSSR count). The summed E-state index contributed by atoms with van der Waals surface area (Å²) in [6, 6.07) is 13.4. The van der Waals surface area contributed by atoms with Gasteiger partial charge in [-0.05, 0) is 23.1 Å². The predicted octanol–water partition coefficient (Wildman–Crippen LogP) is 3.05. The number of rotatable bonds is 9. The van der Waals surface area contributed by atoms with Gasteiger partial charge < -0.3 is 24.3 Å². The summed E-state index contributed by atoms with van der Waals surface area (Å²) in [6.07, 6.45) is -0.514. The molecule has 0 aromatic heterocycles. The maximum absolute atomic E-state index is 12.4. The van der Waals surface area contributed by atoms with Crippen LogP contribution in [-0.4, -0.2) is 56.0 Å². The molecule has 1 aliphatic heterocycles. The lowest BCUT2D eigenvalue weighted by molar-refractivity contribution is -0.151. The van der Waals surface area contributed by atoms with Crippen LogP contribution in [-0.2, 0) is 43.4 Å². The molecule has 1 N–H and O–H groups in total. The Morgan fingerprint density at radius 1 is 1.00 bits per heavy atom. The van der Waals surface area contributed by atoms with E-state index in [0.717, 1.165) is 16.7 Å². The van der Waals surface area contributed by atoms with Crippen molar-refractivity contribution in [1.82, 2.24) is 10.2 Å². The van der Waals surface area contributed by atoms with Crippen LogP contribution in [0.5, 0.6) is 5.75 Å².